The third-order valence-electron chi connectivity index (χ3n) is 4.64. The SMILES string of the molecule is C1=CC(OCC2(COc3cccnc3)COC(c3ccccc3)OC2)=CNC1.CC. The maximum atomic E-state index is 6.06. The molecule has 6 nitrogen and oxygen atoms in total. The molecule has 0 bridgehead atoms. The summed E-state index contributed by atoms with van der Waals surface area (Å²) in [7, 11) is 0. The molecule has 1 aromatic heterocycles. The lowest BCUT2D eigenvalue weighted by molar-refractivity contribution is -0.247. The minimum absolute atomic E-state index is 0.372. The quantitative estimate of drug-likeness (QED) is 0.737. The van der Waals surface area contributed by atoms with Crippen molar-refractivity contribution in [2.45, 2.75) is 20.1 Å². The second-order valence-corrected chi connectivity index (χ2v) is 6.99. The fraction of sp³-hybridized carbons (Fsp3) is 0.375. The van der Waals surface area contributed by atoms with Crippen LogP contribution in [0.1, 0.15) is 25.7 Å². The maximum Gasteiger partial charge on any atom is 0.183 e. The Balaban J connectivity index is 0.00000124. The first-order valence-corrected chi connectivity index (χ1v) is 10.4. The summed E-state index contributed by atoms with van der Waals surface area (Å²) >= 11 is 0. The number of aromatic nitrogens is 1. The van der Waals surface area contributed by atoms with Crippen LogP contribution in [0.5, 0.6) is 5.75 Å². The molecular weight excluding hydrogens is 380 g/mol. The lowest BCUT2D eigenvalue weighted by Crippen LogP contribution is -2.46. The van der Waals surface area contributed by atoms with Crippen molar-refractivity contribution in [2.75, 3.05) is 33.0 Å². The van der Waals surface area contributed by atoms with Gasteiger partial charge in [-0.1, -0.05) is 50.3 Å². The number of rotatable bonds is 7. The summed E-state index contributed by atoms with van der Waals surface area (Å²) in [5.74, 6) is 1.50. The summed E-state index contributed by atoms with van der Waals surface area (Å²) < 4.78 is 24.1. The lowest BCUT2D eigenvalue weighted by Gasteiger charge is -2.39. The molecule has 4 rings (SSSR count). The normalized spacial score (nSPS) is 22.7. The van der Waals surface area contributed by atoms with Crippen LogP contribution in [0.25, 0.3) is 0 Å². The number of dihydropyridines is 1. The van der Waals surface area contributed by atoms with Crippen LogP contribution in [0.2, 0.25) is 0 Å². The maximum absolute atomic E-state index is 6.06. The van der Waals surface area contributed by atoms with E-state index in [1.807, 2.05) is 74.7 Å². The zero-order chi connectivity index (χ0) is 21.1. The fourth-order valence-electron chi connectivity index (χ4n) is 3.05. The average Bonchev–Trinajstić information content (AvgIpc) is 2.85. The van der Waals surface area contributed by atoms with Crippen LogP contribution in [0, 0.1) is 5.41 Å². The first-order valence-electron chi connectivity index (χ1n) is 10.4. The van der Waals surface area contributed by atoms with E-state index in [0.29, 0.717) is 32.2 Å². The van der Waals surface area contributed by atoms with Gasteiger partial charge in [0, 0.05) is 24.5 Å². The van der Waals surface area contributed by atoms with E-state index in [1.54, 1.807) is 12.4 Å². The van der Waals surface area contributed by atoms with E-state index in [-0.39, 0.29) is 6.29 Å². The molecule has 6 heteroatoms. The van der Waals surface area contributed by atoms with E-state index >= 15 is 0 Å². The van der Waals surface area contributed by atoms with Crippen molar-refractivity contribution in [3.8, 4) is 5.75 Å². The number of ether oxygens (including phenoxy) is 4. The molecule has 1 aromatic carbocycles. The first-order chi connectivity index (χ1) is 14.8. The van der Waals surface area contributed by atoms with Crippen molar-refractivity contribution in [2.24, 2.45) is 5.41 Å². The molecule has 1 saturated heterocycles. The summed E-state index contributed by atoms with van der Waals surface area (Å²) in [6.07, 6.45) is 8.90. The highest BCUT2D eigenvalue weighted by molar-refractivity contribution is 5.18. The summed E-state index contributed by atoms with van der Waals surface area (Å²) in [5, 5.41) is 3.15. The molecule has 0 radical (unpaired) electrons. The Bertz CT molecular complexity index is 800. The van der Waals surface area contributed by atoms with E-state index in [4.69, 9.17) is 18.9 Å². The predicted molar refractivity (Wildman–Crippen MR) is 116 cm³/mol. The van der Waals surface area contributed by atoms with Gasteiger partial charge in [0.2, 0.25) is 0 Å². The Morgan fingerprint density at radius 3 is 2.47 bits per heavy atom. The molecule has 0 atom stereocenters. The van der Waals surface area contributed by atoms with E-state index < -0.39 is 5.41 Å². The van der Waals surface area contributed by atoms with Gasteiger partial charge in [-0.25, -0.2) is 0 Å². The van der Waals surface area contributed by atoms with Crippen LogP contribution < -0.4 is 10.1 Å². The third kappa shape index (κ3) is 6.08. The van der Waals surface area contributed by atoms with Crippen molar-refractivity contribution < 1.29 is 18.9 Å². The van der Waals surface area contributed by atoms with Gasteiger partial charge in [0.1, 0.15) is 24.7 Å². The second kappa shape index (κ2) is 11.4. The number of hydrogen-bond acceptors (Lipinski definition) is 6. The van der Waals surface area contributed by atoms with Crippen molar-refractivity contribution in [3.05, 3.63) is 84.5 Å². The van der Waals surface area contributed by atoms with E-state index in [9.17, 15) is 0 Å². The number of allylic oxidation sites excluding steroid dienone is 1. The van der Waals surface area contributed by atoms with Crippen molar-refractivity contribution in [1.82, 2.24) is 10.3 Å². The van der Waals surface area contributed by atoms with E-state index in [0.717, 1.165) is 17.9 Å². The monoisotopic (exact) mass is 410 g/mol. The molecule has 1 N–H and O–H groups in total. The molecule has 0 unspecified atom stereocenters. The highest BCUT2D eigenvalue weighted by Gasteiger charge is 2.39. The van der Waals surface area contributed by atoms with E-state index in [1.165, 1.54) is 0 Å². The zero-order valence-corrected chi connectivity index (χ0v) is 17.6. The topological polar surface area (TPSA) is 61.8 Å². The number of pyridine rings is 1. The summed E-state index contributed by atoms with van der Waals surface area (Å²) in [5.41, 5.74) is 0.583. The summed E-state index contributed by atoms with van der Waals surface area (Å²) in [6, 6.07) is 13.7. The van der Waals surface area contributed by atoms with Gasteiger partial charge in [0.25, 0.3) is 0 Å². The Hall–Kier alpha value is -2.83. The molecule has 0 amide bonds. The Kier molecular flexibility index (Phi) is 8.30. The Morgan fingerprint density at radius 2 is 1.80 bits per heavy atom. The highest BCUT2D eigenvalue weighted by atomic mass is 16.7. The van der Waals surface area contributed by atoms with Gasteiger partial charge in [0.05, 0.1) is 24.8 Å². The van der Waals surface area contributed by atoms with Gasteiger partial charge in [-0.15, -0.1) is 0 Å². The Morgan fingerprint density at radius 1 is 1.03 bits per heavy atom. The molecule has 3 heterocycles. The highest BCUT2D eigenvalue weighted by Crippen LogP contribution is 2.33. The van der Waals surface area contributed by atoms with Gasteiger partial charge in [-0.3, -0.25) is 4.98 Å². The largest absolute Gasteiger partial charge is 0.491 e. The average molecular weight is 411 g/mol. The number of hydrogen-bond donors (Lipinski definition) is 1. The van der Waals surface area contributed by atoms with Crippen LogP contribution >= 0.6 is 0 Å². The number of benzene rings is 1. The Labute approximate surface area is 178 Å². The lowest BCUT2D eigenvalue weighted by atomic mass is 9.91. The second-order valence-electron chi connectivity index (χ2n) is 6.99. The molecule has 1 fully saturated rings. The van der Waals surface area contributed by atoms with Crippen LogP contribution in [0.3, 0.4) is 0 Å². The minimum Gasteiger partial charge on any atom is -0.491 e. The smallest absolute Gasteiger partial charge is 0.183 e. The van der Waals surface area contributed by atoms with Gasteiger partial charge >= 0.3 is 0 Å². The minimum atomic E-state index is -0.423. The molecule has 0 spiro atoms. The third-order valence-corrected chi connectivity index (χ3v) is 4.64. The number of nitrogens with one attached hydrogen (secondary N) is 1. The van der Waals surface area contributed by atoms with Crippen LogP contribution in [-0.2, 0) is 14.2 Å². The van der Waals surface area contributed by atoms with Crippen LogP contribution in [0.15, 0.2) is 79.0 Å². The molecular formula is C24H30N2O4. The molecule has 2 aliphatic heterocycles. The molecule has 0 aliphatic carbocycles. The van der Waals surface area contributed by atoms with Gasteiger partial charge in [0.15, 0.2) is 6.29 Å². The van der Waals surface area contributed by atoms with Crippen molar-refractivity contribution in [1.29, 1.82) is 0 Å². The first kappa shape index (κ1) is 21.9. The molecule has 2 aliphatic rings. The molecule has 0 saturated carbocycles. The summed E-state index contributed by atoms with van der Waals surface area (Å²) in [4.78, 5) is 4.10. The van der Waals surface area contributed by atoms with E-state index in [2.05, 4.69) is 10.3 Å². The van der Waals surface area contributed by atoms with Crippen LogP contribution in [0.4, 0.5) is 0 Å². The van der Waals surface area contributed by atoms with Crippen molar-refractivity contribution in [3.63, 3.8) is 0 Å². The van der Waals surface area contributed by atoms with Gasteiger partial charge in [-0.2, -0.15) is 0 Å². The van der Waals surface area contributed by atoms with Gasteiger partial charge < -0.3 is 24.3 Å². The van der Waals surface area contributed by atoms with Gasteiger partial charge in [-0.05, 0) is 18.2 Å². The fourth-order valence-corrected chi connectivity index (χ4v) is 3.05. The summed E-state index contributed by atoms with van der Waals surface area (Å²) in [6.45, 7) is 6.58. The zero-order valence-electron chi connectivity index (χ0n) is 17.6. The molecule has 160 valence electrons. The van der Waals surface area contributed by atoms with Crippen LogP contribution in [-0.4, -0.2) is 38.0 Å². The molecule has 30 heavy (non-hydrogen) atoms. The standard InChI is InChI=1S/C22H24N2O4.C2H6/c1-2-6-18(7-3-1)21-27-16-22(17-28-21,14-25-19-8-4-10-23-12-19)15-26-20-9-5-11-24-13-20;1-2/h1-10,12-13,21,24H,11,14-17H2;1-2H3. The predicted octanol–water partition coefficient (Wildman–Crippen LogP) is 4.24. The number of nitrogens with zero attached hydrogens (tertiary/aromatic N) is 1. The molecule has 2 aromatic rings. The van der Waals surface area contributed by atoms with Crippen molar-refractivity contribution >= 4 is 0 Å².